The molecule has 1 aromatic rings. The molecular weight excluding hydrogens is 251 g/mol. The summed E-state index contributed by atoms with van der Waals surface area (Å²) in [7, 11) is 0. The van der Waals surface area contributed by atoms with Crippen molar-refractivity contribution in [3.05, 3.63) is 16.5 Å². The lowest BCUT2D eigenvalue weighted by Crippen LogP contribution is -2.28. The molecule has 7 heteroatoms. The normalized spacial score (nSPS) is 9.56. The standard InChI is InChI=1S/C9H8Cl2N4O/c1-2-3-12-4-6(16)15-9-7(10)8(11)13-5-14-9/h1,5,12H,3-4H2,(H,13,14,15,16). The molecule has 1 amide bonds. The molecule has 0 aromatic carbocycles. The van der Waals surface area contributed by atoms with E-state index in [1.165, 1.54) is 6.33 Å². The maximum absolute atomic E-state index is 11.3. The number of halogens is 2. The molecule has 1 aromatic heterocycles. The highest BCUT2D eigenvalue weighted by atomic mass is 35.5. The first-order valence-electron chi connectivity index (χ1n) is 4.25. The average molecular weight is 259 g/mol. The van der Waals surface area contributed by atoms with Gasteiger partial charge in [-0.05, 0) is 0 Å². The molecule has 0 atom stereocenters. The molecule has 0 saturated carbocycles. The number of amides is 1. The van der Waals surface area contributed by atoms with E-state index >= 15 is 0 Å². The molecule has 5 nitrogen and oxygen atoms in total. The van der Waals surface area contributed by atoms with Crippen LogP contribution in [0, 0.1) is 12.3 Å². The summed E-state index contributed by atoms with van der Waals surface area (Å²) < 4.78 is 0. The fraction of sp³-hybridized carbons (Fsp3) is 0.222. The van der Waals surface area contributed by atoms with Crippen molar-refractivity contribution in [2.45, 2.75) is 0 Å². The van der Waals surface area contributed by atoms with Crippen LogP contribution in [0.3, 0.4) is 0 Å². The molecule has 0 aliphatic carbocycles. The van der Waals surface area contributed by atoms with E-state index in [2.05, 4.69) is 26.5 Å². The van der Waals surface area contributed by atoms with Gasteiger partial charge in [0, 0.05) is 0 Å². The third-order valence-corrected chi connectivity index (χ3v) is 2.26. The van der Waals surface area contributed by atoms with Crippen molar-refractivity contribution in [1.82, 2.24) is 15.3 Å². The second-order valence-electron chi connectivity index (χ2n) is 2.68. The maximum atomic E-state index is 11.3. The average Bonchev–Trinajstić information content (AvgIpc) is 2.25. The molecule has 16 heavy (non-hydrogen) atoms. The highest BCUT2D eigenvalue weighted by molar-refractivity contribution is 6.42. The van der Waals surface area contributed by atoms with Crippen molar-refractivity contribution >= 4 is 34.9 Å². The van der Waals surface area contributed by atoms with Crippen molar-refractivity contribution in [2.75, 3.05) is 18.4 Å². The van der Waals surface area contributed by atoms with E-state index in [-0.39, 0.29) is 28.4 Å². The molecule has 0 aliphatic rings. The fourth-order valence-electron chi connectivity index (χ4n) is 0.860. The van der Waals surface area contributed by atoms with E-state index in [0.29, 0.717) is 6.54 Å². The highest BCUT2D eigenvalue weighted by Crippen LogP contribution is 2.24. The summed E-state index contributed by atoms with van der Waals surface area (Å²) in [6, 6.07) is 0. The Morgan fingerprint density at radius 3 is 2.94 bits per heavy atom. The number of rotatable bonds is 4. The number of aromatic nitrogens is 2. The lowest BCUT2D eigenvalue weighted by molar-refractivity contribution is -0.115. The Kier molecular flexibility index (Phi) is 4.99. The van der Waals surface area contributed by atoms with Gasteiger partial charge in [-0.1, -0.05) is 29.1 Å². The number of terminal acetylenes is 1. The van der Waals surface area contributed by atoms with Gasteiger partial charge in [0.25, 0.3) is 0 Å². The van der Waals surface area contributed by atoms with Gasteiger partial charge in [0.1, 0.15) is 11.3 Å². The highest BCUT2D eigenvalue weighted by Gasteiger charge is 2.09. The summed E-state index contributed by atoms with van der Waals surface area (Å²) in [6.07, 6.45) is 6.21. The smallest absolute Gasteiger partial charge is 0.239 e. The second-order valence-corrected chi connectivity index (χ2v) is 3.42. The van der Waals surface area contributed by atoms with Gasteiger partial charge in [-0.15, -0.1) is 6.42 Å². The van der Waals surface area contributed by atoms with Crippen LogP contribution in [-0.2, 0) is 4.79 Å². The second kappa shape index (κ2) is 6.28. The van der Waals surface area contributed by atoms with E-state index in [9.17, 15) is 4.79 Å². The summed E-state index contributed by atoms with van der Waals surface area (Å²) in [5.41, 5.74) is 0. The van der Waals surface area contributed by atoms with Crippen molar-refractivity contribution in [3.8, 4) is 12.3 Å². The van der Waals surface area contributed by atoms with Crippen molar-refractivity contribution in [1.29, 1.82) is 0 Å². The molecule has 2 N–H and O–H groups in total. The molecule has 1 heterocycles. The first-order valence-corrected chi connectivity index (χ1v) is 5.00. The number of nitrogens with zero attached hydrogens (tertiary/aromatic N) is 2. The van der Waals surface area contributed by atoms with E-state index in [4.69, 9.17) is 29.6 Å². The van der Waals surface area contributed by atoms with Crippen LogP contribution in [0.1, 0.15) is 0 Å². The molecular formula is C9H8Cl2N4O. The third-order valence-electron chi connectivity index (χ3n) is 1.52. The molecule has 0 fully saturated rings. The van der Waals surface area contributed by atoms with Crippen molar-refractivity contribution < 1.29 is 4.79 Å². The lowest BCUT2D eigenvalue weighted by atomic mass is 10.5. The molecule has 0 bridgehead atoms. The monoisotopic (exact) mass is 258 g/mol. The first-order chi connectivity index (χ1) is 7.65. The summed E-state index contributed by atoms with van der Waals surface area (Å²) in [5, 5.41) is 5.39. The van der Waals surface area contributed by atoms with Crippen LogP contribution in [0.5, 0.6) is 0 Å². The molecule has 0 saturated heterocycles. The molecule has 0 radical (unpaired) electrons. The fourth-order valence-corrected chi connectivity index (χ4v) is 1.14. The van der Waals surface area contributed by atoms with Crippen molar-refractivity contribution in [2.24, 2.45) is 0 Å². The maximum Gasteiger partial charge on any atom is 0.239 e. The minimum absolute atomic E-state index is 0.0716. The van der Waals surface area contributed by atoms with E-state index < -0.39 is 0 Å². The van der Waals surface area contributed by atoms with Gasteiger partial charge in [0.2, 0.25) is 5.91 Å². The van der Waals surface area contributed by atoms with Gasteiger partial charge < -0.3 is 5.32 Å². The Bertz CT molecular complexity index is 430. The summed E-state index contributed by atoms with van der Waals surface area (Å²) in [6.45, 7) is 0.383. The van der Waals surface area contributed by atoms with E-state index in [0.717, 1.165) is 0 Å². The van der Waals surface area contributed by atoms with Crippen LogP contribution in [0.2, 0.25) is 10.2 Å². The number of anilines is 1. The molecule has 84 valence electrons. The Labute approximate surface area is 103 Å². The van der Waals surface area contributed by atoms with Gasteiger partial charge in [-0.2, -0.15) is 0 Å². The van der Waals surface area contributed by atoms with Crippen LogP contribution >= 0.6 is 23.2 Å². The number of hydrogen-bond acceptors (Lipinski definition) is 4. The predicted molar refractivity (Wildman–Crippen MR) is 62.4 cm³/mol. The van der Waals surface area contributed by atoms with Crippen LogP contribution in [0.15, 0.2) is 6.33 Å². The molecule has 0 aliphatic heterocycles. The van der Waals surface area contributed by atoms with Gasteiger partial charge in [-0.25, -0.2) is 9.97 Å². The minimum atomic E-state index is -0.313. The Balaban J connectivity index is 2.57. The molecule has 0 spiro atoms. The van der Waals surface area contributed by atoms with Gasteiger partial charge in [0.15, 0.2) is 11.0 Å². The molecule has 1 rings (SSSR count). The third kappa shape index (κ3) is 3.66. The Morgan fingerprint density at radius 2 is 2.25 bits per heavy atom. The number of carbonyl (C=O) groups excluding carboxylic acids is 1. The quantitative estimate of drug-likeness (QED) is 0.480. The molecule has 0 unspecified atom stereocenters. The summed E-state index contributed by atoms with van der Waals surface area (Å²) >= 11 is 11.4. The van der Waals surface area contributed by atoms with E-state index in [1.54, 1.807) is 0 Å². The van der Waals surface area contributed by atoms with Crippen LogP contribution in [0.4, 0.5) is 5.82 Å². The van der Waals surface area contributed by atoms with Crippen LogP contribution < -0.4 is 10.6 Å². The summed E-state index contributed by atoms with van der Waals surface area (Å²) in [4.78, 5) is 18.8. The zero-order chi connectivity index (χ0) is 12.0. The van der Waals surface area contributed by atoms with Gasteiger partial charge in [0.05, 0.1) is 13.1 Å². The van der Waals surface area contributed by atoms with Gasteiger partial charge >= 0.3 is 0 Å². The van der Waals surface area contributed by atoms with E-state index in [1.807, 2.05) is 0 Å². The SMILES string of the molecule is C#CCNCC(=O)Nc1ncnc(Cl)c1Cl. The van der Waals surface area contributed by atoms with Gasteiger partial charge in [-0.3, -0.25) is 10.1 Å². The van der Waals surface area contributed by atoms with Crippen LogP contribution in [-0.4, -0.2) is 29.0 Å². The zero-order valence-electron chi connectivity index (χ0n) is 8.13. The van der Waals surface area contributed by atoms with Crippen molar-refractivity contribution in [3.63, 3.8) is 0 Å². The summed E-state index contributed by atoms with van der Waals surface area (Å²) in [5.74, 6) is 2.21. The minimum Gasteiger partial charge on any atom is -0.308 e. The zero-order valence-corrected chi connectivity index (χ0v) is 9.64. The number of hydrogen-bond donors (Lipinski definition) is 2. The largest absolute Gasteiger partial charge is 0.308 e. The predicted octanol–water partition coefficient (Wildman–Crippen LogP) is 0.945. The number of carbonyl (C=O) groups is 1. The topological polar surface area (TPSA) is 66.9 Å². The first kappa shape index (κ1) is 12.7. The Hall–Kier alpha value is -1.35. The lowest BCUT2D eigenvalue weighted by Gasteiger charge is -2.06. The Morgan fingerprint density at radius 1 is 1.50 bits per heavy atom. The van der Waals surface area contributed by atoms with Crippen LogP contribution in [0.25, 0.3) is 0 Å². The number of nitrogens with one attached hydrogen (secondary N) is 2.